The van der Waals surface area contributed by atoms with Gasteiger partial charge in [0.25, 0.3) is 0 Å². The first-order chi connectivity index (χ1) is 12.1. The maximum Gasteiger partial charge on any atom is 0.115 e. The van der Waals surface area contributed by atoms with Gasteiger partial charge in [-0.1, -0.05) is 36.4 Å². The van der Waals surface area contributed by atoms with Gasteiger partial charge in [0, 0.05) is 11.4 Å². The fourth-order valence-electron chi connectivity index (χ4n) is 2.34. The molecule has 0 bridgehead atoms. The molecule has 0 fully saturated rings. The summed E-state index contributed by atoms with van der Waals surface area (Å²) in [6.45, 7) is 0.658. The second-order valence-corrected chi connectivity index (χ2v) is 5.87. The van der Waals surface area contributed by atoms with Crippen molar-refractivity contribution in [3.05, 3.63) is 89.5 Å². The molecule has 0 saturated heterocycles. The van der Waals surface area contributed by atoms with E-state index in [0.717, 1.165) is 24.2 Å². The summed E-state index contributed by atoms with van der Waals surface area (Å²) in [6, 6.07) is 23.0. The third kappa shape index (κ3) is 6.57. The van der Waals surface area contributed by atoms with Gasteiger partial charge in [-0.05, 0) is 72.5 Å². The number of benzene rings is 3. The van der Waals surface area contributed by atoms with Crippen LogP contribution in [0.1, 0.15) is 16.7 Å². The molecule has 25 heavy (non-hydrogen) atoms. The first-order valence-electron chi connectivity index (χ1n) is 8.23. The molecule has 0 aromatic heterocycles. The van der Waals surface area contributed by atoms with E-state index in [9.17, 15) is 0 Å². The maximum atomic E-state index is 8.89. The monoisotopic (exact) mass is 335 g/mol. The van der Waals surface area contributed by atoms with Gasteiger partial charge in [0.15, 0.2) is 0 Å². The molecule has 3 aromatic carbocycles. The molecule has 4 nitrogen and oxygen atoms in total. The van der Waals surface area contributed by atoms with Gasteiger partial charge in [-0.2, -0.15) is 0 Å². The lowest BCUT2D eigenvalue weighted by Crippen LogP contribution is -2.01. The largest absolute Gasteiger partial charge is 0.508 e. The molecule has 0 unspecified atom stereocenters. The van der Waals surface area contributed by atoms with Gasteiger partial charge >= 0.3 is 0 Å². The van der Waals surface area contributed by atoms with E-state index >= 15 is 0 Å². The highest BCUT2D eigenvalue weighted by atomic mass is 16.3. The first-order valence-corrected chi connectivity index (χ1v) is 8.23. The Balaban J connectivity index is 0.000000196. The Bertz CT molecular complexity index is 707. The topological polar surface area (TPSA) is 98.3 Å². The molecule has 3 rings (SSSR count). The third-order valence-corrected chi connectivity index (χ3v) is 3.74. The van der Waals surface area contributed by atoms with E-state index in [-0.39, 0.29) is 0 Å². The number of aromatic hydroxyl groups is 1. The Kier molecular flexibility index (Phi) is 6.87. The number of anilines is 2. The zero-order chi connectivity index (χ0) is 18.1. The van der Waals surface area contributed by atoms with Gasteiger partial charge in [0.2, 0.25) is 0 Å². The highest BCUT2D eigenvalue weighted by molar-refractivity contribution is 5.43. The van der Waals surface area contributed by atoms with Crippen molar-refractivity contribution in [3.63, 3.8) is 0 Å². The lowest BCUT2D eigenvalue weighted by atomic mass is 10.0. The van der Waals surface area contributed by atoms with E-state index < -0.39 is 0 Å². The van der Waals surface area contributed by atoms with Crippen molar-refractivity contribution in [1.29, 1.82) is 0 Å². The first kappa shape index (κ1) is 18.4. The van der Waals surface area contributed by atoms with E-state index in [1.165, 1.54) is 16.7 Å². The summed E-state index contributed by atoms with van der Waals surface area (Å²) in [5.41, 5.74) is 21.9. The molecule has 0 spiro atoms. The van der Waals surface area contributed by atoms with Crippen LogP contribution >= 0.6 is 0 Å². The number of hydrogen-bond donors (Lipinski definition) is 4. The van der Waals surface area contributed by atoms with Gasteiger partial charge < -0.3 is 22.3 Å². The van der Waals surface area contributed by atoms with Gasteiger partial charge in [-0.3, -0.25) is 0 Å². The minimum Gasteiger partial charge on any atom is -0.508 e. The smallest absolute Gasteiger partial charge is 0.115 e. The molecule has 0 radical (unpaired) electrons. The van der Waals surface area contributed by atoms with Crippen LogP contribution in [0.4, 0.5) is 11.4 Å². The van der Waals surface area contributed by atoms with E-state index in [1.54, 1.807) is 12.1 Å². The molecule has 0 aliphatic rings. The van der Waals surface area contributed by atoms with Crippen molar-refractivity contribution in [2.45, 2.75) is 12.8 Å². The van der Waals surface area contributed by atoms with Crippen molar-refractivity contribution in [2.24, 2.45) is 5.73 Å². The van der Waals surface area contributed by atoms with E-state index in [4.69, 9.17) is 22.3 Å². The Labute approximate surface area is 148 Å². The average Bonchev–Trinajstić information content (AvgIpc) is 2.62. The zero-order valence-corrected chi connectivity index (χ0v) is 14.2. The minimum atomic E-state index is 0.306. The molecule has 7 N–H and O–H groups in total. The second-order valence-electron chi connectivity index (χ2n) is 5.87. The second kappa shape index (κ2) is 9.35. The summed E-state index contributed by atoms with van der Waals surface area (Å²) in [6.07, 6.45) is 1.79. The maximum absolute atomic E-state index is 8.89. The van der Waals surface area contributed by atoms with Crippen LogP contribution in [0.25, 0.3) is 0 Å². The highest BCUT2D eigenvalue weighted by Crippen LogP contribution is 2.13. The Morgan fingerprint density at radius 3 is 1.40 bits per heavy atom. The quantitative estimate of drug-likeness (QED) is 0.550. The Morgan fingerprint density at radius 2 is 1.00 bits per heavy atom. The van der Waals surface area contributed by atoms with Crippen LogP contribution in [0, 0.1) is 0 Å². The number of nitrogens with two attached hydrogens (primary N) is 3. The van der Waals surface area contributed by atoms with Crippen LogP contribution < -0.4 is 17.2 Å². The normalized spacial score (nSPS) is 9.96. The predicted octanol–water partition coefficient (Wildman–Crippen LogP) is 3.34. The molecule has 4 heteroatoms. The summed E-state index contributed by atoms with van der Waals surface area (Å²) in [5.74, 6) is 0.306. The van der Waals surface area contributed by atoms with Gasteiger partial charge in [-0.25, -0.2) is 0 Å². The molecule has 0 atom stereocenters. The Morgan fingerprint density at radius 1 is 0.600 bits per heavy atom. The number of hydrogen-bond acceptors (Lipinski definition) is 4. The molecular weight excluding hydrogens is 310 g/mol. The van der Waals surface area contributed by atoms with Crippen molar-refractivity contribution in [1.82, 2.24) is 0 Å². The molecule has 0 aliphatic heterocycles. The molecule has 0 aliphatic carbocycles. The molecule has 0 amide bonds. The van der Waals surface area contributed by atoms with Crippen molar-refractivity contribution in [2.75, 3.05) is 18.0 Å². The van der Waals surface area contributed by atoms with Crippen molar-refractivity contribution < 1.29 is 5.11 Å². The summed E-state index contributed by atoms with van der Waals surface area (Å²) in [5, 5.41) is 8.89. The lowest BCUT2D eigenvalue weighted by Gasteiger charge is -2.02. The van der Waals surface area contributed by atoms with Crippen LogP contribution in [-0.2, 0) is 12.8 Å². The van der Waals surface area contributed by atoms with E-state index in [1.807, 2.05) is 60.7 Å². The van der Waals surface area contributed by atoms with Crippen LogP contribution in [0.2, 0.25) is 0 Å². The van der Waals surface area contributed by atoms with Crippen molar-refractivity contribution >= 4 is 11.4 Å². The average molecular weight is 335 g/mol. The van der Waals surface area contributed by atoms with Gasteiger partial charge in [0.1, 0.15) is 5.75 Å². The molecule has 3 aromatic rings. The summed E-state index contributed by atoms with van der Waals surface area (Å²) < 4.78 is 0. The van der Waals surface area contributed by atoms with Gasteiger partial charge in [0.05, 0.1) is 0 Å². The van der Waals surface area contributed by atoms with Gasteiger partial charge in [-0.15, -0.1) is 0 Å². The summed E-state index contributed by atoms with van der Waals surface area (Å²) in [4.78, 5) is 0. The minimum absolute atomic E-state index is 0.306. The summed E-state index contributed by atoms with van der Waals surface area (Å²) in [7, 11) is 0. The number of phenols is 1. The van der Waals surface area contributed by atoms with Crippen LogP contribution in [0.3, 0.4) is 0 Å². The molecule has 130 valence electrons. The fraction of sp³-hybridized carbons (Fsp3) is 0.143. The predicted molar refractivity (Wildman–Crippen MR) is 105 cm³/mol. The molecular formula is C21H25N3O. The van der Waals surface area contributed by atoms with Crippen LogP contribution in [0.15, 0.2) is 72.8 Å². The zero-order valence-electron chi connectivity index (χ0n) is 14.2. The SMILES string of the molecule is NCCc1ccc(O)cc1.Nc1ccc(Cc2ccc(N)cc2)cc1. The molecule has 0 saturated carbocycles. The number of nitrogen functional groups attached to an aromatic ring is 2. The Hall–Kier alpha value is -2.98. The van der Waals surface area contributed by atoms with E-state index in [0.29, 0.717) is 12.3 Å². The standard InChI is InChI=1S/C13H14N2.C8H11NO/c14-12-5-1-10(2-6-12)9-11-3-7-13(15)8-4-11;9-6-5-7-1-3-8(10)4-2-7/h1-8H,9,14-15H2;1-4,10H,5-6,9H2. The van der Waals surface area contributed by atoms with Crippen LogP contribution in [0.5, 0.6) is 5.75 Å². The molecule has 0 heterocycles. The van der Waals surface area contributed by atoms with Crippen LogP contribution in [-0.4, -0.2) is 11.7 Å². The van der Waals surface area contributed by atoms with E-state index in [2.05, 4.69) is 0 Å². The summed E-state index contributed by atoms with van der Waals surface area (Å²) >= 11 is 0. The fourth-order valence-corrected chi connectivity index (χ4v) is 2.34. The number of rotatable bonds is 4. The third-order valence-electron chi connectivity index (χ3n) is 3.74. The highest BCUT2D eigenvalue weighted by Gasteiger charge is 1.96. The van der Waals surface area contributed by atoms with Crippen molar-refractivity contribution in [3.8, 4) is 5.75 Å². The number of phenolic OH excluding ortho intramolecular Hbond substituents is 1. The lowest BCUT2D eigenvalue weighted by molar-refractivity contribution is 0.475.